The van der Waals surface area contributed by atoms with Crippen LogP contribution in [0.15, 0.2) is 18.2 Å². The SMILES string of the molecule is CC1CCNCC1NC(=O)c1nn(-c2ccc(F)c(F)c2)c2c1CCC2.Cl. The molecule has 0 radical (unpaired) electrons. The van der Waals surface area contributed by atoms with Crippen molar-refractivity contribution in [3.63, 3.8) is 0 Å². The molecule has 2 unspecified atom stereocenters. The van der Waals surface area contributed by atoms with E-state index in [0.717, 1.165) is 62.2 Å². The molecule has 5 nitrogen and oxygen atoms in total. The summed E-state index contributed by atoms with van der Waals surface area (Å²) < 4.78 is 28.5. The Labute approximate surface area is 162 Å². The third-order valence-electron chi connectivity index (χ3n) is 5.44. The number of carbonyl (C=O) groups excluding carboxylic acids is 1. The van der Waals surface area contributed by atoms with Crippen LogP contribution in [0, 0.1) is 17.6 Å². The Hall–Kier alpha value is -1.99. The first kappa shape index (κ1) is 19.8. The molecule has 4 rings (SSSR count). The fourth-order valence-corrected chi connectivity index (χ4v) is 3.87. The normalized spacial score (nSPS) is 21.4. The zero-order chi connectivity index (χ0) is 18.3. The van der Waals surface area contributed by atoms with Crippen molar-refractivity contribution in [2.24, 2.45) is 5.92 Å². The lowest BCUT2D eigenvalue weighted by Crippen LogP contribution is -2.50. The summed E-state index contributed by atoms with van der Waals surface area (Å²) in [4.78, 5) is 12.8. The third kappa shape index (κ3) is 3.71. The minimum atomic E-state index is -0.919. The molecule has 2 N–H and O–H groups in total. The standard InChI is InChI=1S/C19H22F2N4O.ClH/c1-11-7-8-22-10-16(11)23-19(26)18-13-3-2-4-17(13)25(24-18)12-5-6-14(20)15(21)9-12;/h5-6,9,11,16,22H,2-4,7-8,10H2,1H3,(H,23,26);1H. The second-order valence-corrected chi connectivity index (χ2v) is 7.19. The number of hydrogen-bond acceptors (Lipinski definition) is 3. The minimum Gasteiger partial charge on any atom is -0.346 e. The molecule has 0 bridgehead atoms. The number of piperidine rings is 1. The number of amides is 1. The zero-order valence-corrected chi connectivity index (χ0v) is 15.9. The van der Waals surface area contributed by atoms with Crippen molar-refractivity contribution in [2.45, 2.75) is 38.6 Å². The van der Waals surface area contributed by atoms with Gasteiger partial charge in [0.05, 0.1) is 5.69 Å². The lowest BCUT2D eigenvalue weighted by atomic mass is 9.94. The molecule has 0 saturated carbocycles. The van der Waals surface area contributed by atoms with E-state index in [-0.39, 0.29) is 24.4 Å². The largest absolute Gasteiger partial charge is 0.346 e. The molecule has 1 aromatic carbocycles. The van der Waals surface area contributed by atoms with Gasteiger partial charge in [0.1, 0.15) is 0 Å². The number of rotatable bonds is 3. The molecule has 2 heterocycles. The zero-order valence-electron chi connectivity index (χ0n) is 15.1. The van der Waals surface area contributed by atoms with Crippen LogP contribution in [0.4, 0.5) is 8.78 Å². The Balaban J connectivity index is 0.00000210. The summed E-state index contributed by atoms with van der Waals surface area (Å²) in [6.45, 7) is 3.85. The van der Waals surface area contributed by atoms with Crippen molar-refractivity contribution >= 4 is 18.3 Å². The highest BCUT2D eigenvalue weighted by Crippen LogP contribution is 2.28. The maximum Gasteiger partial charge on any atom is 0.272 e. The number of fused-ring (bicyclic) bond motifs is 1. The van der Waals surface area contributed by atoms with Gasteiger partial charge >= 0.3 is 0 Å². The van der Waals surface area contributed by atoms with Gasteiger partial charge in [0.15, 0.2) is 17.3 Å². The van der Waals surface area contributed by atoms with Gasteiger partial charge < -0.3 is 10.6 Å². The van der Waals surface area contributed by atoms with Crippen LogP contribution in [0.5, 0.6) is 0 Å². The molecule has 27 heavy (non-hydrogen) atoms. The molecule has 0 spiro atoms. The molecule has 1 aromatic heterocycles. The third-order valence-corrected chi connectivity index (χ3v) is 5.44. The van der Waals surface area contributed by atoms with E-state index in [1.807, 2.05) is 0 Å². The molecule has 1 fully saturated rings. The molecule has 1 aliphatic carbocycles. The van der Waals surface area contributed by atoms with Gasteiger partial charge in [-0.2, -0.15) is 5.10 Å². The number of halogens is 3. The summed E-state index contributed by atoms with van der Waals surface area (Å²) in [6, 6.07) is 3.76. The van der Waals surface area contributed by atoms with Crippen molar-refractivity contribution in [1.82, 2.24) is 20.4 Å². The van der Waals surface area contributed by atoms with Gasteiger partial charge in [0, 0.05) is 29.9 Å². The van der Waals surface area contributed by atoms with Crippen molar-refractivity contribution in [2.75, 3.05) is 13.1 Å². The first-order valence-electron chi connectivity index (χ1n) is 9.12. The van der Waals surface area contributed by atoms with E-state index in [2.05, 4.69) is 22.7 Å². The molecular formula is C19H23ClF2N4O. The summed E-state index contributed by atoms with van der Waals surface area (Å²) in [6.07, 6.45) is 3.50. The number of benzene rings is 1. The van der Waals surface area contributed by atoms with Crippen LogP contribution in [-0.2, 0) is 12.8 Å². The highest BCUT2D eigenvalue weighted by Gasteiger charge is 2.30. The second kappa shape index (κ2) is 7.94. The van der Waals surface area contributed by atoms with Crippen LogP contribution >= 0.6 is 12.4 Å². The van der Waals surface area contributed by atoms with E-state index >= 15 is 0 Å². The average Bonchev–Trinajstić information content (AvgIpc) is 3.22. The first-order chi connectivity index (χ1) is 12.5. The van der Waals surface area contributed by atoms with E-state index in [0.29, 0.717) is 17.3 Å². The molecule has 146 valence electrons. The fraction of sp³-hybridized carbons (Fsp3) is 0.474. The van der Waals surface area contributed by atoms with Gasteiger partial charge in [-0.05, 0) is 50.3 Å². The van der Waals surface area contributed by atoms with Gasteiger partial charge in [0.25, 0.3) is 5.91 Å². The molecule has 2 aliphatic rings. The Morgan fingerprint density at radius 1 is 1.30 bits per heavy atom. The number of nitrogens with zero attached hydrogens (tertiary/aromatic N) is 2. The average molecular weight is 397 g/mol. The Kier molecular flexibility index (Phi) is 5.81. The van der Waals surface area contributed by atoms with Gasteiger partial charge in [-0.15, -0.1) is 12.4 Å². The monoisotopic (exact) mass is 396 g/mol. The van der Waals surface area contributed by atoms with E-state index < -0.39 is 11.6 Å². The molecular weight excluding hydrogens is 374 g/mol. The topological polar surface area (TPSA) is 58.9 Å². The van der Waals surface area contributed by atoms with Crippen molar-refractivity contribution in [3.8, 4) is 5.69 Å². The molecule has 1 saturated heterocycles. The van der Waals surface area contributed by atoms with Crippen molar-refractivity contribution < 1.29 is 13.6 Å². The van der Waals surface area contributed by atoms with Crippen molar-refractivity contribution in [3.05, 3.63) is 46.8 Å². The Morgan fingerprint density at radius 3 is 2.85 bits per heavy atom. The molecule has 1 amide bonds. The van der Waals surface area contributed by atoms with Crippen LogP contribution < -0.4 is 10.6 Å². The first-order valence-corrected chi connectivity index (χ1v) is 9.12. The maximum absolute atomic E-state index is 13.6. The Bertz CT molecular complexity index is 854. The van der Waals surface area contributed by atoms with Gasteiger partial charge in [0.2, 0.25) is 0 Å². The van der Waals surface area contributed by atoms with Crippen LogP contribution in [0.1, 0.15) is 41.5 Å². The number of aromatic nitrogens is 2. The van der Waals surface area contributed by atoms with Crippen molar-refractivity contribution in [1.29, 1.82) is 0 Å². The lowest BCUT2D eigenvalue weighted by molar-refractivity contribution is 0.0908. The van der Waals surface area contributed by atoms with Crippen LogP contribution in [-0.4, -0.2) is 34.8 Å². The predicted molar refractivity (Wildman–Crippen MR) is 101 cm³/mol. The predicted octanol–water partition coefficient (Wildman–Crippen LogP) is 2.79. The minimum absolute atomic E-state index is 0. The van der Waals surface area contributed by atoms with E-state index in [4.69, 9.17) is 0 Å². The Morgan fingerprint density at radius 2 is 2.11 bits per heavy atom. The van der Waals surface area contributed by atoms with Crippen LogP contribution in [0.2, 0.25) is 0 Å². The van der Waals surface area contributed by atoms with Crippen LogP contribution in [0.3, 0.4) is 0 Å². The summed E-state index contributed by atoms with van der Waals surface area (Å²) in [5.41, 5.74) is 2.67. The number of hydrogen-bond donors (Lipinski definition) is 2. The lowest BCUT2D eigenvalue weighted by Gasteiger charge is -2.30. The highest BCUT2D eigenvalue weighted by atomic mass is 35.5. The highest BCUT2D eigenvalue weighted by molar-refractivity contribution is 5.94. The van der Waals surface area contributed by atoms with Gasteiger partial charge in [-0.25, -0.2) is 13.5 Å². The summed E-state index contributed by atoms with van der Waals surface area (Å²) >= 11 is 0. The van der Waals surface area contributed by atoms with E-state index in [9.17, 15) is 13.6 Å². The summed E-state index contributed by atoms with van der Waals surface area (Å²) in [7, 11) is 0. The summed E-state index contributed by atoms with van der Waals surface area (Å²) in [5, 5.41) is 10.8. The fourth-order valence-electron chi connectivity index (χ4n) is 3.87. The van der Waals surface area contributed by atoms with E-state index in [1.165, 1.54) is 6.07 Å². The second-order valence-electron chi connectivity index (χ2n) is 7.19. The van der Waals surface area contributed by atoms with Crippen LogP contribution in [0.25, 0.3) is 5.69 Å². The van der Waals surface area contributed by atoms with Gasteiger partial charge in [-0.1, -0.05) is 6.92 Å². The molecule has 1 aliphatic heterocycles. The number of nitrogens with one attached hydrogen (secondary N) is 2. The summed E-state index contributed by atoms with van der Waals surface area (Å²) in [5.74, 6) is -1.60. The number of carbonyl (C=O) groups is 1. The maximum atomic E-state index is 13.6. The molecule has 8 heteroatoms. The molecule has 2 atom stereocenters. The van der Waals surface area contributed by atoms with Gasteiger partial charge in [-0.3, -0.25) is 4.79 Å². The quantitative estimate of drug-likeness (QED) is 0.838. The molecule has 2 aromatic rings. The van der Waals surface area contributed by atoms with E-state index in [1.54, 1.807) is 4.68 Å². The smallest absolute Gasteiger partial charge is 0.272 e.